The van der Waals surface area contributed by atoms with Crippen LogP contribution in [0.1, 0.15) is 19.8 Å². The number of unbranched alkanes of at least 4 members (excludes halogenated alkanes) is 1. The lowest BCUT2D eigenvalue weighted by Crippen LogP contribution is -2.39. The highest BCUT2D eigenvalue weighted by Crippen LogP contribution is 1.98. The van der Waals surface area contributed by atoms with E-state index in [0.29, 0.717) is 33.0 Å². The first-order chi connectivity index (χ1) is 7.83. The predicted molar refractivity (Wildman–Crippen MR) is 59.3 cm³/mol. The molecule has 0 spiro atoms. The van der Waals surface area contributed by atoms with E-state index in [1.807, 2.05) is 0 Å². The molecule has 16 heavy (non-hydrogen) atoms. The highest BCUT2D eigenvalue weighted by molar-refractivity contribution is 5.71. The third-order valence-electron chi connectivity index (χ3n) is 2.29. The maximum absolute atomic E-state index is 11.2. The highest BCUT2D eigenvalue weighted by atomic mass is 16.6. The van der Waals surface area contributed by atoms with Crippen molar-refractivity contribution in [3.63, 3.8) is 0 Å². The van der Waals surface area contributed by atoms with Crippen LogP contribution < -0.4 is 5.32 Å². The molecule has 1 aliphatic rings. The van der Waals surface area contributed by atoms with Gasteiger partial charge in [-0.3, -0.25) is 4.79 Å². The second-order valence-electron chi connectivity index (χ2n) is 3.77. The van der Waals surface area contributed by atoms with Crippen molar-refractivity contribution in [2.24, 2.45) is 0 Å². The zero-order valence-corrected chi connectivity index (χ0v) is 9.87. The van der Waals surface area contributed by atoms with Gasteiger partial charge in [-0.1, -0.05) is 13.3 Å². The van der Waals surface area contributed by atoms with Gasteiger partial charge in [-0.25, -0.2) is 0 Å². The summed E-state index contributed by atoms with van der Waals surface area (Å²) in [6.07, 6.45) is 2.01. The Morgan fingerprint density at radius 3 is 3.06 bits per heavy atom. The van der Waals surface area contributed by atoms with Crippen molar-refractivity contribution in [2.45, 2.75) is 25.9 Å². The summed E-state index contributed by atoms with van der Waals surface area (Å²) < 4.78 is 15.7. The topological polar surface area (TPSA) is 56.8 Å². The smallest absolute Gasteiger partial charge is 0.319 e. The van der Waals surface area contributed by atoms with Crippen LogP contribution in [0.5, 0.6) is 0 Å². The predicted octanol–water partition coefficient (Wildman–Crippen LogP) is 0.335. The molecule has 5 nitrogen and oxygen atoms in total. The van der Waals surface area contributed by atoms with Crippen LogP contribution in [0.15, 0.2) is 0 Å². The first-order valence-corrected chi connectivity index (χ1v) is 5.88. The minimum Gasteiger partial charge on any atom is -0.465 e. The summed E-state index contributed by atoms with van der Waals surface area (Å²) in [7, 11) is 0. The number of rotatable bonds is 7. The van der Waals surface area contributed by atoms with Crippen molar-refractivity contribution in [1.29, 1.82) is 0 Å². The number of hydrogen-bond acceptors (Lipinski definition) is 5. The van der Waals surface area contributed by atoms with Gasteiger partial charge in [-0.2, -0.15) is 0 Å². The second-order valence-corrected chi connectivity index (χ2v) is 3.77. The van der Waals surface area contributed by atoms with E-state index in [9.17, 15) is 4.79 Å². The van der Waals surface area contributed by atoms with Gasteiger partial charge in [0.2, 0.25) is 0 Å². The largest absolute Gasteiger partial charge is 0.465 e. The number of hydrogen-bond donors (Lipinski definition) is 1. The van der Waals surface area contributed by atoms with Crippen molar-refractivity contribution < 1.29 is 19.0 Å². The summed E-state index contributed by atoms with van der Waals surface area (Å²) in [5.41, 5.74) is 0. The molecule has 0 amide bonds. The van der Waals surface area contributed by atoms with Crippen LogP contribution in [0, 0.1) is 0 Å². The Morgan fingerprint density at radius 2 is 2.38 bits per heavy atom. The van der Waals surface area contributed by atoms with Crippen molar-refractivity contribution in [2.75, 3.05) is 39.5 Å². The third-order valence-corrected chi connectivity index (χ3v) is 2.29. The summed E-state index contributed by atoms with van der Waals surface area (Å²) in [5, 5.41) is 3.00. The van der Waals surface area contributed by atoms with Crippen LogP contribution in [-0.2, 0) is 19.0 Å². The zero-order chi connectivity index (χ0) is 11.6. The molecule has 1 rings (SSSR count). The zero-order valence-electron chi connectivity index (χ0n) is 9.87. The summed E-state index contributed by atoms with van der Waals surface area (Å²) >= 11 is 0. The van der Waals surface area contributed by atoms with Crippen molar-refractivity contribution in [1.82, 2.24) is 5.32 Å². The van der Waals surface area contributed by atoms with Crippen LogP contribution in [-0.4, -0.2) is 51.6 Å². The molecule has 1 atom stereocenters. The fraction of sp³-hybridized carbons (Fsp3) is 0.909. The van der Waals surface area contributed by atoms with Gasteiger partial charge in [0.25, 0.3) is 0 Å². The molecule has 1 aliphatic heterocycles. The van der Waals surface area contributed by atoms with E-state index in [-0.39, 0.29) is 18.6 Å². The SMILES string of the molecule is CCCCOC(=O)CNCC1COCCO1. The van der Waals surface area contributed by atoms with E-state index < -0.39 is 0 Å². The van der Waals surface area contributed by atoms with Crippen LogP contribution in [0.2, 0.25) is 0 Å². The third kappa shape index (κ3) is 6.05. The van der Waals surface area contributed by atoms with Gasteiger partial charge < -0.3 is 19.5 Å². The van der Waals surface area contributed by atoms with Gasteiger partial charge in [0, 0.05) is 6.54 Å². The molecule has 5 heteroatoms. The molecule has 1 N–H and O–H groups in total. The number of nitrogens with one attached hydrogen (secondary N) is 1. The van der Waals surface area contributed by atoms with E-state index in [1.165, 1.54) is 0 Å². The minimum absolute atomic E-state index is 0.0530. The Morgan fingerprint density at radius 1 is 1.50 bits per heavy atom. The van der Waals surface area contributed by atoms with Crippen LogP contribution in [0.25, 0.3) is 0 Å². The maximum atomic E-state index is 11.2. The lowest BCUT2D eigenvalue weighted by Gasteiger charge is -2.22. The molecule has 0 aromatic rings. The molecule has 94 valence electrons. The fourth-order valence-corrected chi connectivity index (χ4v) is 1.37. The van der Waals surface area contributed by atoms with Crippen LogP contribution in [0.3, 0.4) is 0 Å². The van der Waals surface area contributed by atoms with E-state index in [4.69, 9.17) is 14.2 Å². The van der Waals surface area contributed by atoms with Crippen molar-refractivity contribution in [3.05, 3.63) is 0 Å². The van der Waals surface area contributed by atoms with Gasteiger partial charge in [-0.15, -0.1) is 0 Å². The van der Waals surface area contributed by atoms with E-state index >= 15 is 0 Å². The van der Waals surface area contributed by atoms with Gasteiger partial charge in [0.15, 0.2) is 0 Å². The monoisotopic (exact) mass is 231 g/mol. The Bertz CT molecular complexity index is 192. The van der Waals surface area contributed by atoms with Gasteiger partial charge >= 0.3 is 5.97 Å². The maximum Gasteiger partial charge on any atom is 0.319 e. The summed E-state index contributed by atoms with van der Waals surface area (Å²) in [4.78, 5) is 11.2. The fourth-order valence-electron chi connectivity index (χ4n) is 1.37. The highest BCUT2D eigenvalue weighted by Gasteiger charge is 2.14. The average Bonchev–Trinajstić information content (AvgIpc) is 2.31. The lowest BCUT2D eigenvalue weighted by molar-refractivity contribution is -0.143. The minimum atomic E-state index is -0.204. The summed E-state index contributed by atoms with van der Waals surface area (Å²) in [6.45, 7) is 5.33. The number of ether oxygens (including phenoxy) is 3. The normalized spacial score (nSPS) is 20.7. The van der Waals surface area contributed by atoms with Gasteiger partial charge in [-0.05, 0) is 6.42 Å². The van der Waals surface area contributed by atoms with Crippen molar-refractivity contribution >= 4 is 5.97 Å². The van der Waals surface area contributed by atoms with E-state index in [2.05, 4.69) is 12.2 Å². The second kappa shape index (κ2) is 8.50. The molecule has 1 saturated heterocycles. The molecule has 0 aromatic heterocycles. The Balaban J connectivity index is 1.94. The molecule has 1 fully saturated rings. The Labute approximate surface area is 96.4 Å². The molecule has 1 heterocycles. The number of carbonyl (C=O) groups excluding carboxylic acids is 1. The molecule has 0 aliphatic carbocycles. The summed E-state index contributed by atoms with van der Waals surface area (Å²) in [6, 6.07) is 0. The van der Waals surface area contributed by atoms with Crippen LogP contribution >= 0.6 is 0 Å². The molecular weight excluding hydrogens is 210 g/mol. The first kappa shape index (κ1) is 13.4. The number of esters is 1. The molecule has 0 radical (unpaired) electrons. The van der Waals surface area contributed by atoms with E-state index in [1.54, 1.807) is 0 Å². The average molecular weight is 231 g/mol. The van der Waals surface area contributed by atoms with Gasteiger partial charge in [0.1, 0.15) is 0 Å². The molecule has 0 saturated carbocycles. The molecule has 0 bridgehead atoms. The molecular formula is C11H21NO4. The Kier molecular flexibility index (Phi) is 7.12. The van der Waals surface area contributed by atoms with Crippen molar-refractivity contribution in [3.8, 4) is 0 Å². The van der Waals surface area contributed by atoms with Crippen LogP contribution in [0.4, 0.5) is 0 Å². The summed E-state index contributed by atoms with van der Waals surface area (Å²) in [5.74, 6) is -0.204. The molecule has 1 unspecified atom stereocenters. The number of carbonyl (C=O) groups is 1. The lowest BCUT2D eigenvalue weighted by atomic mass is 10.3. The van der Waals surface area contributed by atoms with E-state index in [0.717, 1.165) is 12.8 Å². The first-order valence-electron chi connectivity index (χ1n) is 5.88. The Hall–Kier alpha value is -0.650. The molecule has 0 aromatic carbocycles. The standard InChI is InChI=1S/C11H21NO4/c1-2-3-4-16-11(13)8-12-7-10-9-14-5-6-15-10/h10,12H,2-9H2,1H3. The van der Waals surface area contributed by atoms with Gasteiger partial charge in [0.05, 0.1) is 39.1 Å². The quantitative estimate of drug-likeness (QED) is 0.505.